The van der Waals surface area contributed by atoms with Gasteiger partial charge in [0.1, 0.15) is 0 Å². The molecule has 2 amide bonds. The second-order valence-corrected chi connectivity index (χ2v) is 4.97. The normalized spacial score (nSPS) is 22.4. The minimum Gasteiger partial charge on any atom is -0.393 e. The minimum atomic E-state index is -0.449. The molecule has 0 saturated carbocycles. The maximum atomic E-state index is 12.2. The van der Waals surface area contributed by atoms with Crippen molar-refractivity contribution in [3.8, 4) is 12.3 Å². The highest BCUT2D eigenvalue weighted by atomic mass is 16.5. The molecular weight excluding hydrogens is 244 g/mol. The summed E-state index contributed by atoms with van der Waals surface area (Å²) in [5.41, 5.74) is 0. The quantitative estimate of drug-likeness (QED) is 0.730. The Kier molecular flexibility index (Phi) is 6.68. The Labute approximate surface area is 115 Å². The van der Waals surface area contributed by atoms with E-state index in [-0.39, 0.29) is 18.1 Å². The summed E-state index contributed by atoms with van der Waals surface area (Å²) in [6.45, 7) is 5.28. The molecule has 2 N–H and O–H groups in total. The molecule has 0 radical (unpaired) electrons. The highest BCUT2D eigenvalue weighted by Gasteiger charge is 2.29. The molecule has 0 aromatic carbocycles. The lowest BCUT2D eigenvalue weighted by Gasteiger charge is -2.37. The Morgan fingerprint density at radius 3 is 3.00 bits per heavy atom. The van der Waals surface area contributed by atoms with Crippen molar-refractivity contribution in [1.29, 1.82) is 0 Å². The number of hydrogen-bond donors (Lipinski definition) is 2. The first-order valence-electron chi connectivity index (χ1n) is 6.84. The average molecular weight is 268 g/mol. The zero-order valence-corrected chi connectivity index (χ0v) is 11.8. The van der Waals surface area contributed by atoms with Gasteiger partial charge in [-0.2, -0.15) is 0 Å². The van der Waals surface area contributed by atoms with E-state index in [4.69, 9.17) is 11.2 Å². The second-order valence-electron chi connectivity index (χ2n) is 4.97. The lowest BCUT2D eigenvalue weighted by molar-refractivity contribution is -0.00481. The number of nitrogens with one attached hydrogen (secondary N) is 1. The van der Waals surface area contributed by atoms with Gasteiger partial charge in [0.2, 0.25) is 0 Å². The number of nitrogens with zero attached hydrogens (tertiary/aromatic N) is 1. The van der Waals surface area contributed by atoms with E-state index in [1.54, 1.807) is 11.8 Å². The van der Waals surface area contributed by atoms with Crippen molar-refractivity contribution in [2.45, 2.75) is 51.3 Å². The van der Waals surface area contributed by atoms with Gasteiger partial charge >= 0.3 is 6.03 Å². The van der Waals surface area contributed by atoms with Gasteiger partial charge in [-0.3, -0.25) is 0 Å². The van der Waals surface area contributed by atoms with E-state index in [0.29, 0.717) is 32.6 Å². The summed E-state index contributed by atoms with van der Waals surface area (Å²) in [7, 11) is 0. The number of aliphatic hydroxyl groups is 1. The van der Waals surface area contributed by atoms with Gasteiger partial charge in [0, 0.05) is 19.0 Å². The summed E-state index contributed by atoms with van der Waals surface area (Å²) in [6.07, 6.45) is 6.70. The number of carbonyl (C=O) groups is 1. The van der Waals surface area contributed by atoms with Crippen molar-refractivity contribution < 1.29 is 14.6 Å². The maximum absolute atomic E-state index is 12.2. The molecule has 19 heavy (non-hydrogen) atoms. The van der Waals surface area contributed by atoms with Crippen LogP contribution >= 0.6 is 0 Å². The predicted molar refractivity (Wildman–Crippen MR) is 73.7 cm³/mol. The van der Waals surface area contributed by atoms with E-state index in [1.807, 2.05) is 6.92 Å². The van der Waals surface area contributed by atoms with Gasteiger partial charge in [-0.25, -0.2) is 4.79 Å². The molecule has 1 aliphatic rings. The standard InChI is InChI=1S/C14H24N2O3/c1-4-6-12(5-2)15-14(18)16-7-8-19-10-13(16)9-11(3)17/h1,11-13,17H,5-10H2,2-3H3,(H,15,18)/t11-,12-,13-/m0/s1. The molecule has 1 heterocycles. The molecule has 0 aromatic rings. The number of morpholine rings is 1. The SMILES string of the molecule is C#CC[C@H](CC)NC(=O)N1CCOC[C@@H]1C[C@H](C)O. The third kappa shape index (κ3) is 5.09. The third-order valence-corrected chi connectivity index (χ3v) is 3.29. The number of carbonyl (C=O) groups excluding carboxylic acids is 1. The van der Waals surface area contributed by atoms with Gasteiger partial charge in [-0.05, 0) is 19.8 Å². The van der Waals surface area contributed by atoms with Crippen LogP contribution in [-0.4, -0.2) is 54.0 Å². The zero-order chi connectivity index (χ0) is 14.3. The molecule has 3 atom stereocenters. The smallest absolute Gasteiger partial charge is 0.318 e. The van der Waals surface area contributed by atoms with Crippen LogP contribution < -0.4 is 5.32 Å². The number of rotatable bonds is 5. The second kappa shape index (κ2) is 8.03. The van der Waals surface area contributed by atoms with E-state index < -0.39 is 6.10 Å². The number of urea groups is 1. The van der Waals surface area contributed by atoms with E-state index in [0.717, 1.165) is 6.42 Å². The van der Waals surface area contributed by atoms with Crippen LogP contribution in [0.5, 0.6) is 0 Å². The molecule has 1 rings (SSSR count). The fourth-order valence-electron chi connectivity index (χ4n) is 2.21. The lowest BCUT2D eigenvalue weighted by Crippen LogP contribution is -2.54. The number of terminal acetylenes is 1. The first-order valence-corrected chi connectivity index (χ1v) is 6.84. The largest absolute Gasteiger partial charge is 0.393 e. The van der Waals surface area contributed by atoms with Crippen LogP contribution in [-0.2, 0) is 4.74 Å². The van der Waals surface area contributed by atoms with E-state index >= 15 is 0 Å². The highest BCUT2D eigenvalue weighted by molar-refractivity contribution is 5.75. The molecule has 5 nitrogen and oxygen atoms in total. The summed E-state index contributed by atoms with van der Waals surface area (Å²) in [4.78, 5) is 14.0. The molecule has 1 aliphatic heterocycles. The molecule has 0 aliphatic carbocycles. The number of amides is 2. The summed E-state index contributed by atoms with van der Waals surface area (Å²) in [5.74, 6) is 2.57. The predicted octanol–water partition coefficient (Wildman–Crippen LogP) is 0.970. The molecule has 0 unspecified atom stereocenters. The van der Waals surface area contributed by atoms with Crippen LogP contribution in [0.25, 0.3) is 0 Å². The molecule has 0 spiro atoms. The van der Waals surface area contributed by atoms with Gasteiger partial charge in [0.15, 0.2) is 0 Å². The molecule has 0 bridgehead atoms. The number of hydrogen-bond acceptors (Lipinski definition) is 3. The Balaban J connectivity index is 2.58. The van der Waals surface area contributed by atoms with E-state index in [9.17, 15) is 9.90 Å². The fraction of sp³-hybridized carbons (Fsp3) is 0.786. The van der Waals surface area contributed by atoms with Crippen LogP contribution in [0, 0.1) is 12.3 Å². The Hall–Kier alpha value is -1.25. The lowest BCUT2D eigenvalue weighted by atomic mass is 10.1. The fourth-order valence-corrected chi connectivity index (χ4v) is 2.21. The third-order valence-electron chi connectivity index (χ3n) is 3.29. The van der Waals surface area contributed by atoms with Gasteiger partial charge in [-0.1, -0.05) is 6.92 Å². The average Bonchev–Trinajstić information content (AvgIpc) is 2.38. The summed E-state index contributed by atoms with van der Waals surface area (Å²) >= 11 is 0. The summed E-state index contributed by atoms with van der Waals surface area (Å²) in [6, 6.07) is -0.180. The van der Waals surface area contributed by atoms with Crippen molar-refractivity contribution in [3.63, 3.8) is 0 Å². The van der Waals surface area contributed by atoms with Gasteiger partial charge < -0.3 is 20.1 Å². The van der Waals surface area contributed by atoms with Crippen LogP contribution in [0.3, 0.4) is 0 Å². The van der Waals surface area contributed by atoms with Gasteiger partial charge in [0.25, 0.3) is 0 Å². The first-order chi connectivity index (χ1) is 9.08. The van der Waals surface area contributed by atoms with Crippen LogP contribution in [0.4, 0.5) is 4.79 Å². The Bertz CT molecular complexity index is 325. The Morgan fingerprint density at radius 1 is 1.68 bits per heavy atom. The van der Waals surface area contributed by atoms with Crippen molar-refractivity contribution >= 4 is 6.03 Å². The van der Waals surface area contributed by atoms with Crippen molar-refractivity contribution in [1.82, 2.24) is 10.2 Å². The van der Waals surface area contributed by atoms with E-state index in [1.165, 1.54) is 0 Å². The Morgan fingerprint density at radius 2 is 2.42 bits per heavy atom. The molecule has 5 heteroatoms. The molecule has 0 aromatic heterocycles. The van der Waals surface area contributed by atoms with Crippen LogP contribution in [0.15, 0.2) is 0 Å². The molecule has 1 saturated heterocycles. The summed E-state index contributed by atoms with van der Waals surface area (Å²) in [5, 5.41) is 12.4. The van der Waals surface area contributed by atoms with E-state index in [2.05, 4.69) is 11.2 Å². The highest BCUT2D eigenvalue weighted by Crippen LogP contribution is 2.13. The first kappa shape index (κ1) is 15.8. The minimum absolute atomic E-state index is 0.00699. The number of ether oxygens (including phenoxy) is 1. The maximum Gasteiger partial charge on any atom is 0.318 e. The van der Waals surface area contributed by atoms with Crippen LogP contribution in [0.2, 0.25) is 0 Å². The van der Waals surface area contributed by atoms with Gasteiger partial charge in [0.05, 0.1) is 25.4 Å². The van der Waals surface area contributed by atoms with Crippen LogP contribution in [0.1, 0.15) is 33.1 Å². The molecule has 108 valence electrons. The van der Waals surface area contributed by atoms with Gasteiger partial charge in [-0.15, -0.1) is 12.3 Å². The number of aliphatic hydroxyl groups excluding tert-OH is 1. The molecule has 1 fully saturated rings. The topological polar surface area (TPSA) is 61.8 Å². The zero-order valence-electron chi connectivity index (χ0n) is 11.8. The van der Waals surface area contributed by atoms with Crippen molar-refractivity contribution in [2.24, 2.45) is 0 Å². The monoisotopic (exact) mass is 268 g/mol. The van der Waals surface area contributed by atoms with Crippen molar-refractivity contribution in [2.75, 3.05) is 19.8 Å². The summed E-state index contributed by atoms with van der Waals surface area (Å²) < 4.78 is 5.38. The molecular formula is C14H24N2O3. The van der Waals surface area contributed by atoms with Crippen molar-refractivity contribution in [3.05, 3.63) is 0 Å².